The smallest absolute Gasteiger partial charge is 0.255 e. The number of halogens is 1. The molecule has 1 aliphatic rings. The van der Waals surface area contributed by atoms with E-state index in [1.807, 2.05) is 16.8 Å². The molecule has 1 aromatic heterocycles. The van der Waals surface area contributed by atoms with E-state index in [1.165, 1.54) is 0 Å². The van der Waals surface area contributed by atoms with E-state index in [-0.39, 0.29) is 12.0 Å². The van der Waals surface area contributed by atoms with Crippen molar-refractivity contribution in [3.63, 3.8) is 0 Å². The Hall–Kier alpha value is -2.83. The van der Waals surface area contributed by atoms with Crippen molar-refractivity contribution in [3.05, 3.63) is 71.8 Å². The molecule has 0 aliphatic carbocycles. The van der Waals surface area contributed by atoms with E-state index in [0.29, 0.717) is 22.9 Å². The van der Waals surface area contributed by atoms with Crippen LogP contribution < -0.4 is 10.1 Å². The van der Waals surface area contributed by atoms with Crippen LogP contribution in [0, 0.1) is 0 Å². The largest absolute Gasteiger partial charge is 0.491 e. The molecule has 0 radical (unpaired) electrons. The van der Waals surface area contributed by atoms with E-state index in [1.54, 1.807) is 48.9 Å². The Kier molecular flexibility index (Phi) is 5.60. The van der Waals surface area contributed by atoms with Gasteiger partial charge >= 0.3 is 0 Å². The summed E-state index contributed by atoms with van der Waals surface area (Å²) in [5.74, 6) is 0.511. The maximum atomic E-state index is 12.5. The molecule has 2 aromatic carbocycles. The zero-order valence-corrected chi connectivity index (χ0v) is 15.9. The van der Waals surface area contributed by atoms with E-state index in [0.717, 1.165) is 30.9 Å². The van der Waals surface area contributed by atoms with Crippen molar-refractivity contribution < 1.29 is 14.3 Å². The first-order valence-corrected chi connectivity index (χ1v) is 9.50. The van der Waals surface area contributed by atoms with Gasteiger partial charge in [0.1, 0.15) is 12.4 Å². The van der Waals surface area contributed by atoms with Gasteiger partial charge in [0.05, 0.1) is 23.1 Å². The second-order valence-electron chi connectivity index (χ2n) is 6.56. The first kappa shape index (κ1) is 18.5. The van der Waals surface area contributed by atoms with E-state index in [2.05, 4.69) is 10.3 Å². The number of aromatic nitrogens is 2. The van der Waals surface area contributed by atoms with Crippen LogP contribution in [0.4, 0.5) is 5.69 Å². The van der Waals surface area contributed by atoms with Gasteiger partial charge in [-0.25, -0.2) is 4.98 Å². The van der Waals surface area contributed by atoms with Gasteiger partial charge in [0, 0.05) is 30.3 Å². The molecule has 0 spiro atoms. The topological polar surface area (TPSA) is 65.4 Å². The standard InChI is InChI=1S/C21H20ClN3O3/c22-19-12-16(5-8-20(19)25-10-9-23-14-25)24-21(26)15-3-6-17(7-4-15)28-13-18-2-1-11-27-18/h3-10,12,14,18H,1-2,11,13H2,(H,24,26). The van der Waals surface area contributed by atoms with Crippen molar-refractivity contribution in [2.75, 3.05) is 18.5 Å². The zero-order chi connectivity index (χ0) is 19.3. The third kappa shape index (κ3) is 4.35. The summed E-state index contributed by atoms with van der Waals surface area (Å²) in [7, 11) is 0. The molecule has 7 heteroatoms. The molecule has 144 valence electrons. The highest BCUT2D eigenvalue weighted by atomic mass is 35.5. The number of carbonyl (C=O) groups excluding carboxylic acids is 1. The van der Waals surface area contributed by atoms with Gasteiger partial charge in [-0.05, 0) is 55.3 Å². The second-order valence-corrected chi connectivity index (χ2v) is 6.97. The lowest BCUT2D eigenvalue weighted by Gasteiger charge is -2.12. The zero-order valence-electron chi connectivity index (χ0n) is 15.2. The van der Waals surface area contributed by atoms with E-state index < -0.39 is 0 Å². The number of rotatable bonds is 6. The number of carbonyl (C=O) groups is 1. The highest BCUT2D eigenvalue weighted by Crippen LogP contribution is 2.25. The monoisotopic (exact) mass is 397 g/mol. The van der Waals surface area contributed by atoms with Crippen LogP contribution in [0.15, 0.2) is 61.2 Å². The molecule has 1 atom stereocenters. The number of amides is 1. The predicted octanol–water partition coefficient (Wildman–Crippen LogP) is 4.34. The molecule has 2 heterocycles. The molecule has 1 aliphatic heterocycles. The maximum absolute atomic E-state index is 12.5. The van der Waals surface area contributed by atoms with Gasteiger partial charge in [0.15, 0.2) is 0 Å². The molecule has 1 N–H and O–H groups in total. The lowest BCUT2D eigenvalue weighted by molar-refractivity contribution is 0.0679. The van der Waals surface area contributed by atoms with Crippen LogP contribution in [-0.2, 0) is 4.74 Å². The van der Waals surface area contributed by atoms with Gasteiger partial charge in [-0.2, -0.15) is 0 Å². The third-order valence-electron chi connectivity index (χ3n) is 4.56. The SMILES string of the molecule is O=C(Nc1ccc(-n2ccnc2)c(Cl)c1)c1ccc(OCC2CCCO2)cc1. The van der Waals surface area contributed by atoms with Gasteiger partial charge in [-0.1, -0.05) is 11.6 Å². The van der Waals surface area contributed by atoms with Crippen molar-refractivity contribution in [1.82, 2.24) is 9.55 Å². The average molecular weight is 398 g/mol. The van der Waals surface area contributed by atoms with Crippen LogP contribution in [0.3, 0.4) is 0 Å². The maximum Gasteiger partial charge on any atom is 0.255 e. The summed E-state index contributed by atoms with van der Waals surface area (Å²) in [5, 5.41) is 3.38. The number of benzene rings is 2. The highest BCUT2D eigenvalue weighted by Gasteiger charge is 2.16. The number of hydrogen-bond acceptors (Lipinski definition) is 4. The average Bonchev–Trinajstić information content (AvgIpc) is 3.41. The summed E-state index contributed by atoms with van der Waals surface area (Å²) in [5.41, 5.74) is 1.96. The summed E-state index contributed by atoms with van der Waals surface area (Å²) in [6.07, 6.45) is 7.44. The molecule has 3 aromatic rings. The van der Waals surface area contributed by atoms with E-state index in [9.17, 15) is 4.79 Å². The first-order chi connectivity index (χ1) is 13.7. The lowest BCUT2D eigenvalue weighted by atomic mass is 10.2. The summed E-state index contributed by atoms with van der Waals surface area (Å²) >= 11 is 6.33. The van der Waals surface area contributed by atoms with Gasteiger partial charge in [-0.15, -0.1) is 0 Å². The fraction of sp³-hybridized carbons (Fsp3) is 0.238. The van der Waals surface area contributed by atoms with Crippen molar-refractivity contribution in [1.29, 1.82) is 0 Å². The molecule has 1 saturated heterocycles. The number of anilines is 1. The fourth-order valence-electron chi connectivity index (χ4n) is 3.07. The molecule has 4 rings (SSSR count). The van der Waals surface area contributed by atoms with Gasteiger partial charge < -0.3 is 19.4 Å². The molecule has 0 bridgehead atoms. The summed E-state index contributed by atoms with van der Waals surface area (Å²) in [6.45, 7) is 1.34. The molecule has 1 amide bonds. The van der Waals surface area contributed by atoms with Crippen LogP contribution in [0.2, 0.25) is 5.02 Å². The van der Waals surface area contributed by atoms with Gasteiger partial charge in [0.25, 0.3) is 5.91 Å². The third-order valence-corrected chi connectivity index (χ3v) is 4.87. The van der Waals surface area contributed by atoms with Crippen LogP contribution >= 0.6 is 11.6 Å². The Balaban J connectivity index is 1.37. The van der Waals surface area contributed by atoms with Gasteiger partial charge in [0.2, 0.25) is 0 Å². The van der Waals surface area contributed by atoms with Crippen molar-refractivity contribution in [3.8, 4) is 11.4 Å². The number of nitrogens with one attached hydrogen (secondary N) is 1. The summed E-state index contributed by atoms with van der Waals surface area (Å²) < 4.78 is 13.1. The van der Waals surface area contributed by atoms with Crippen LogP contribution in [0.5, 0.6) is 5.75 Å². The molecule has 28 heavy (non-hydrogen) atoms. The molecule has 6 nitrogen and oxygen atoms in total. The Bertz CT molecular complexity index is 936. The minimum Gasteiger partial charge on any atom is -0.491 e. The minimum absolute atomic E-state index is 0.165. The van der Waals surface area contributed by atoms with Crippen LogP contribution in [-0.4, -0.2) is 34.8 Å². The molecular weight excluding hydrogens is 378 g/mol. The van der Waals surface area contributed by atoms with Gasteiger partial charge in [-0.3, -0.25) is 4.79 Å². The van der Waals surface area contributed by atoms with Crippen molar-refractivity contribution in [2.45, 2.75) is 18.9 Å². The summed E-state index contributed by atoms with van der Waals surface area (Å²) in [4.78, 5) is 16.5. The Morgan fingerprint density at radius 2 is 2.14 bits per heavy atom. The molecule has 1 fully saturated rings. The highest BCUT2D eigenvalue weighted by molar-refractivity contribution is 6.32. The van der Waals surface area contributed by atoms with Crippen molar-refractivity contribution in [2.24, 2.45) is 0 Å². The fourth-order valence-corrected chi connectivity index (χ4v) is 3.34. The predicted molar refractivity (Wildman–Crippen MR) is 107 cm³/mol. The normalized spacial score (nSPS) is 16.1. The minimum atomic E-state index is -0.211. The van der Waals surface area contributed by atoms with Crippen LogP contribution in [0.1, 0.15) is 23.2 Å². The quantitative estimate of drug-likeness (QED) is 0.672. The van der Waals surface area contributed by atoms with Crippen molar-refractivity contribution >= 4 is 23.2 Å². The van der Waals surface area contributed by atoms with Crippen LogP contribution in [0.25, 0.3) is 5.69 Å². The second kappa shape index (κ2) is 8.46. The Morgan fingerprint density at radius 1 is 1.29 bits per heavy atom. The number of hydrogen-bond donors (Lipinski definition) is 1. The molecule has 1 unspecified atom stereocenters. The first-order valence-electron chi connectivity index (χ1n) is 9.13. The number of ether oxygens (including phenoxy) is 2. The Morgan fingerprint density at radius 3 is 2.82 bits per heavy atom. The number of imidazole rings is 1. The van der Waals surface area contributed by atoms with E-state index >= 15 is 0 Å². The van der Waals surface area contributed by atoms with E-state index in [4.69, 9.17) is 21.1 Å². The summed E-state index contributed by atoms with van der Waals surface area (Å²) in [6, 6.07) is 12.4. The molecule has 0 saturated carbocycles. The molecular formula is C21H20ClN3O3. The lowest BCUT2D eigenvalue weighted by Crippen LogP contribution is -2.16. The number of nitrogens with zero attached hydrogens (tertiary/aromatic N) is 2. The Labute approximate surface area is 168 Å².